The van der Waals surface area contributed by atoms with Crippen LogP contribution in [0.5, 0.6) is 11.5 Å². The second kappa shape index (κ2) is 5.97. The number of aromatic carboxylic acids is 1. The van der Waals surface area contributed by atoms with Crippen LogP contribution in [-0.2, 0) is 0 Å². The first-order valence-corrected chi connectivity index (χ1v) is 4.93. The minimum atomic E-state index is -1.04. The van der Waals surface area contributed by atoms with Crippen LogP contribution in [0.1, 0.15) is 16.8 Å². The molecule has 5 nitrogen and oxygen atoms in total. The second-order valence-corrected chi connectivity index (χ2v) is 3.16. The van der Waals surface area contributed by atoms with Crippen LogP contribution in [0.4, 0.5) is 0 Å². The highest BCUT2D eigenvalue weighted by Crippen LogP contribution is 2.24. The SMILES string of the molecule is COc1ccc(OCCCN)c(C(=O)O)c1. The summed E-state index contributed by atoms with van der Waals surface area (Å²) in [5.74, 6) is -0.216. The second-order valence-electron chi connectivity index (χ2n) is 3.16. The molecule has 0 aliphatic carbocycles. The topological polar surface area (TPSA) is 81.8 Å². The Hall–Kier alpha value is -1.75. The molecule has 0 aromatic heterocycles. The van der Waals surface area contributed by atoms with Crippen molar-refractivity contribution in [3.8, 4) is 11.5 Å². The highest BCUT2D eigenvalue weighted by molar-refractivity contribution is 5.91. The van der Waals surface area contributed by atoms with Crippen LogP contribution in [0.2, 0.25) is 0 Å². The molecule has 0 unspecified atom stereocenters. The zero-order valence-electron chi connectivity index (χ0n) is 9.10. The van der Waals surface area contributed by atoms with Crippen molar-refractivity contribution in [1.29, 1.82) is 0 Å². The van der Waals surface area contributed by atoms with E-state index in [2.05, 4.69) is 0 Å². The number of hydrogen-bond acceptors (Lipinski definition) is 4. The molecule has 0 atom stereocenters. The highest BCUT2D eigenvalue weighted by Gasteiger charge is 2.12. The van der Waals surface area contributed by atoms with Crippen molar-refractivity contribution in [1.82, 2.24) is 0 Å². The van der Waals surface area contributed by atoms with Crippen LogP contribution in [-0.4, -0.2) is 31.3 Å². The molecule has 0 amide bonds. The standard InChI is InChI=1S/C11H15NO4/c1-15-8-3-4-10(16-6-2-5-12)9(7-8)11(13)14/h3-4,7H,2,5-6,12H2,1H3,(H,13,14). The minimum absolute atomic E-state index is 0.0939. The monoisotopic (exact) mass is 225 g/mol. The number of carbonyl (C=O) groups is 1. The average Bonchev–Trinajstić information content (AvgIpc) is 2.29. The molecule has 1 aromatic carbocycles. The lowest BCUT2D eigenvalue weighted by molar-refractivity contribution is 0.0692. The van der Waals surface area contributed by atoms with Gasteiger partial charge in [-0.1, -0.05) is 0 Å². The Morgan fingerprint density at radius 2 is 2.25 bits per heavy atom. The van der Waals surface area contributed by atoms with Crippen molar-refractivity contribution in [3.63, 3.8) is 0 Å². The van der Waals surface area contributed by atoms with E-state index in [0.717, 1.165) is 0 Å². The number of methoxy groups -OCH3 is 1. The van der Waals surface area contributed by atoms with Gasteiger partial charge in [-0.2, -0.15) is 0 Å². The number of rotatable bonds is 6. The molecule has 0 heterocycles. The number of ether oxygens (including phenoxy) is 2. The predicted octanol–water partition coefficient (Wildman–Crippen LogP) is 1.12. The van der Waals surface area contributed by atoms with E-state index < -0.39 is 5.97 Å². The van der Waals surface area contributed by atoms with Crippen LogP contribution in [0.3, 0.4) is 0 Å². The first kappa shape index (κ1) is 12.3. The Morgan fingerprint density at radius 1 is 1.50 bits per heavy atom. The highest BCUT2D eigenvalue weighted by atomic mass is 16.5. The lowest BCUT2D eigenvalue weighted by atomic mass is 10.2. The zero-order valence-corrected chi connectivity index (χ0v) is 9.10. The van der Waals surface area contributed by atoms with E-state index in [1.807, 2.05) is 0 Å². The molecule has 0 saturated carbocycles. The molecule has 88 valence electrons. The molecule has 1 aromatic rings. The molecule has 0 radical (unpaired) electrons. The molecule has 0 saturated heterocycles. The molecule has 0 spiro atoms. The molecule has 3 N–H and O–H groups in total. The molecular formula is C11H15NO4. The summed E-state index contributed by atoms with van der Waals surface area (Å²) in [6, 6.07) is 4.67. The Labute approximate surface area is 93.8 Å². The Kier molecular flexibility index (Phi) is 4.60. The molecule has 0 fully saturated rings. The predicted molar refractivity (Wildman–Crippen MR) is 59.1 cm³/mol. The summed E-state index contributed by atoms with van der Waals surface area (Å²) >= 11 is 0. The maximum Gasteiger partial charge on any atom is 0.339 e. The van der Waals surface area contributed by atoms with Crippen molar-refractivity contribution in [2.45, 2.75) is 6.42 Å². The zero-order chi connectivity index (χ0) is 12.0. The van der Waals surface area contributed by atoms with Crippen LogP contribution in [0.25, 0.3) is 0 Å². The average molecular weight is 225 g/mol. The number of nitrogens with two attached hydrogens (primary N) is 1. The van der Waals surface area contributed by atoms with Gasteiger partial charge in [0.15, 0.2) is 0 Å². The third-order valence-corrected chi connectivity index (χ3v) is 2.02. The van der Waals surface area contributed by atoms with Crippen molar-refractivity contribution in [3.05, 3.63) is 23.8 Å². The summed E-state index contributed by atoms with van der Waals surface area (Å²) in [5, 5.41) is 8.98. The van der Waals surface area contributed by atoms with Crippen molar-refractivity contribution < 1.29 is 19.4 Å². The Balaban J connectivity index is 2.85. The summed E-state index contributed by atoms with van der Waals surface area (Å²) in [4.78, 5) is 11.0. The van der Waals surface area contributed by atoms with E-state index in [0.29, 0.717) is 31.1 Å². The summed E-state index contributed by atoms with van der Waals surface area (Å²) in [6.45, 7) is 0.918. The number of carboxylic acids is 1. The Bertz CT molecular complexity index is 365. The van der Waals surface area contributed by atoms with Gasteiger partial charge in [0.2, 0.25) is 0 Å². The molecule has 1 rings (SSSR count). The van der Waals surface area contributed by atoms with Gasteiger partial charge >= 0.3 is 5.97 Å². The van der Waals surface area contributed by atoms with E-state index in [1.54, 1.807) is 12.1 Å². The van der Waals surface area contributed by atoms with Gasteiger partial charge in [-0.15, -0.1) is 0 Å². The maximum absolute atomic E-state index is 11.0. The van der Waals surface area contributed by atoms with Gasteiger partial charge in [0, 0.05) is 0 Å². The van der Waals surface area contributed by atoms with E-state index >= 15 is 0 Å². The fourth-order valence-corrected chi connectivity index (χ4v) is 1.19. The van der Waals surface area contributed by atoms with E-state index in [4.69, 9.17) is 20.3 Å². The van der Waals surface area contributed by atoms with E-state index in [9.17, 15) is 4.79 Å². The van der Waals surface area contributed by atoms with E-state index in [1.165, 1.54) is 13.2 Å². The first-order valence-electron chi connectivity index (χ1n) is 4.93. The van der Waals surface area contributed by atoms with Gasteiger partial charge < -0.3 is 20.3 Å². The largest absolute Gasteiger partial charge is 0.497 e. The fraction of sp³-hybridized carbons (Fsp3) is 0.364. The van der Waals surface area contributed by atoms with Gasteiger partial charge in [-0.3, -0.25) is 0 Å². The normalized spacial score (nSPS) is 9.88. The van der Waals surface area contributed by atoms with E-state index in [-0.39, 0.29) is 5.56 Å². The lowest BCUT2D eigenvalue weighted by Gasteiger charge is -2.09. The summed E-state index contributed by atoms with van der Waals surface area (Å²) < 4.78 is 10.3. The molecule has 5 heteroatoms. The van der Waals surface area contributed by atoms with Crippen LogP contribution >= 0.6 is 0 Å². The Morgan fingerprint density at radius 3 is 2.81 bits per heavy atom. The van der Waals surface area contributed by atoms with Gasteiger partial charge in [0.05, 0.1) is 13.7 Å². The molecule has 0 aliphatic heterocycles. The van der Waals surface area contributed by atoms with Gasteiger partial charge in [0.25, 0.3) is 0 Å². The number of benzene rings is 1. The van der Waals surface area contributed by atoms with Crippen molar-refractivity contribution >= 4 is 5.97 Å². The smallest absolute Gasteiger partial charge is 0.339 e. The molecular weight excluding hydrogens is 210 g/mol. The van der Waals surface area contributed by atoms with Gasteiger partial charge in [0.1, 0.15) is 17.1 Å². The van der Waals surface area contributed by atoms with Crippen LogP contribution in [0.15, 0.2) is 18.2 Å². The summed E-state index contributed by atoms with van der Waals surface area (Å²) in [5.41, 5.74) is 5.41. The number of hydrogen-bond donors (Lipinski definition) is 2. The van der Waals surface area contributed by atoms with Crippen LogP contribution in [0, 0.1) is 0 Å². The quantitative estimate of drug-likeness (QED) is 0.709. The lowest BCUT2D eigenvalue weighted by Crippen LogP contribution is -2.08. The third-order valence-electron chi connectivity index (χ3n) is 2.02. The molecule has 0 bridgehead atoms. The first-order chi connectivity index (χ1) is 7.69. The van der Waals surface area contributed by atoms with Gasteiger partial charge in [-0.05, 0) is 31.2 Å². The maximum atomic E-state index is 11.0. The van der Waals surface area contributed by atoms with Crippen molar-refractivity contribution in [2.75, 3.05) is 20.3 Å². The van der Waals surface area contributed by atoms with Crippen LogP contribution < -0.4 is 15.2 Å². The van der Waals surface area contributed by atoms with Crippen molar-refractivity contribution in [2.24, 2.45) is 5.73 Å². The molecule has 16 heavy (non-hydrogen) atoms. The third kappa shape index (κ3) is 3.13. The minimum Gasteiger partial charge on any atom is -0.497 e. The van der Waals surface area contributed by atoms with Gasteiger partial charge in [-0.25, -0.2) is 4.79 Å². The summed E-state index contributed by atoms with van der Waals surface area (Å²) in [7, 11) is 1.48. The summed E-state index contributed by atoms with van der Waals surface area (Å²) in [6.07, 6.45) is 0.686. The molecule has 0 aliphatic rings. The fourth-order valence-electron chi connectivity index (χ4n) is 1.19. The number of carboxylic acid groups (broad SMARTS) is 1.